The lowest BCUT2D eigenvalue weighted by Gasteiger charge is -2.22. The average Bonchev–Trinajstić information content (AvgIpc) is 2.77. The van der Waals surface area contributed by atoms with Crippen molar-refractivity contribution in [3.63, 3.8) is 0 Å². The Balaban J connectivity index is 1.91. The molecular weight excluding hydrogens is 286 g/mol. The summed E-state index contributed by atoms with van der Waals surface area (Å²) >= 11 is 1.43. The summed E-state index contributed by atoms with van der Waals surface area (Å²) in [5, 5.41) is 3.92. The summed E-state index contributed by atoms with van der Waals surface area (Å²) in [7, 11) is 0. The van der Waals surface area contributed by atoms with Crippen molar-refractivity contribution in [1.29, 1.82) is 0 Å². The van der Waals surface area contributed by atoms with Crippen LogP contribution in [0, 0.1) is 13.8 Å². The molecule has 1 unspecified atom stereocenters. The Morgan fingerprint density at radius 3 is 3.05 bits per heavy atom. The van der Waals surface area contributed by atoms with Crippen molar-refractivity contribution in [3.8, 4) is 0 Å². The molecule has 1 amide bonds. The van der Waals surface area contributed by atoms with E-state index in [-0.39, 0.29) is 11.9 Å². The zero-order chi connectivity index (χ0) is 15.0. The first-order valence-corrected chi connectivity index (χ1v) is 7.92. The fourth-order valence-corrected chi connectivity index (χ4v) is 3.93. The number of hydrogen-bond acceptors (Lipinski definition) is 5. The van der Waals surface area contributed by atoms with Gasteiger partial charge in [-0.2, -0.15) is 0 Å². The van der Waals surface area contributed by atoms with E-state index >= 15 is 0 Å². The van der Waals surface area contributed by atoms with Crippen LogP contribution in [-0.2, 0) is 4.74 Å². The predicted octanol–water partition coefficient (Wildman–Crippen LogP) is 2.40. The van der Waals surface area contributed by atoms with E-state index in [9.17, 15) is 4.79 Å². The number of aromatic nitrogens is 1. The summed E-state index contributed by atoms with van der Waals surface area (Å²) in [6, 6.07) is 2.06. The Hall–Kier alpha value is -1.66. The Morgan fingerprint density at radius 1 is 1.52 bits per heavy atom. The van der Waals surface area contributed by atoms with Gasteiger partial charge >= 0.3 is 0 Å². The zero-order valence-electron chi connectivity index (χ0n) is 12.2. The molecule has 1 aliphatic rings. The molecule has 3 rings (SSSR count). The molecule has 6 heteroatoms. The maximum atomic E-state index is 12.4. The highest BCUT2D eigenvalue weighted by Gasteiger charge is 2.22. The maximum Gasteiger partial charge on any atom is 0.263 e. The first kappa shape index (κ1) is 14.3. The van der Waals surface area contributed by atoms with Crippen molar-refractivity contribution in [2.24, 2.45) is 0 Å². The van der Waals surface area contributed by atoms with Crippen LogP contribution in [0.1, 0.15) is 33.9 Å². The van der Waals surface area contributed by atoms with E-state index in [1.807, 2.05) is 19.9 Å². The van der Waals surface area contributed by atoms with E-state index < -0.39 is 0 Å². The summed E-state index contributed by atoms with van der Waals surface area (Å²) in [5.74, 6) is -0.110. The fraction of sp³-hybridized carbons (Fsp3) is 0.467. The molecule has 3 heterocycles. The van der Waals surface area contributed by atoms with Gasteiger partial charge in [-0.25, -0.2) is 0 Å². The molecule has 0 radical (unpaired) electrons. The Bertz CT molecular complexity index is 690. The molecule has 0 spiro atoms. The second-order valence-corrected chi connectivity index (χ2v) is 6.51. The molecule has 2 aromatic rings. The standard InChI is InChI=1S/C15H19N3O2S/c1-8-6-11-12(9(2)17-8)13(16)14(21-11)15(19)18-10-4-3-5-20-7-10/h6,10H,3-5,7,16H2,1-2H3,(H,18,19). The van der Waals surface area contributed by atoms with Gasteiger partial charge in [-0.3, -0.25) is 9.78 Å². The van der Waals surface area contributed by atoms with Crippen LogP contribution < -0.4 is 11.1 Å². The number of anilines is 1. The molecule has 1 saturated heterocycles. The van der Waals surface area contributed by atoms with E-state index in [2.05, 4.69) is 10.3 Å². The molecule has 5 nitrogen and oxygen atoms in total. The van der Waals surface area contributed by atoms with Crippen LogP contribution in [0.5, 0.6) is 0 Å². The van der Waals surface area contributed by atoms with Crippen molar-refractivity contribution in [3.05, 3.63) is 22.3 Å². The van der Waals surface area contributed by atoms with Gasteiger partial charge in [-0.1, -0.05) is 0 Å². The minimum absolute atomic E-state index is 0.0804. The molecule has 1 aliphatic heterocycles. The number of hydrogen-bond donors (Lipinski definition) is 2. The lowest BCUT2D eigenvalue weighted by atomic mass is 10.1. The lowest BCUT2D eigenvalue weighted by molar-refractivity contribution is 0.0626. The van der Waals surface area contributed by atoms with Gasteiger partial charge in [-0.15, -0.1) is 11.3 Å². The molecule has 0 aliphatic carbocycles. The monoisotopic (exact) mass is 305 g/mol. The number of nitrogens with zero attached hydrogens (tertiary/aromatic N) is 1. The maximum absolute atomic E-state index is 12.4. The highest BCUT2D eigenvalue weighted by atomic mass is 32.1. The first-order valence-electron chi connectivity index (χ1n) is 7.11. The van der Waals surface area contributed by atoms with Gasteiger partial charge < -0.3 is 15.8 Å². The number of carbonyl (C=O) groups is 1. The van der Waals surface area contributed by atoms with E-state index in [4.69, 9.17) is 10.5 Å². The Kier molecular flexibility index (Phi) is 3.82. The average molecular weight is 305 g/mol. The Labute approximate surface area is 127 Å². The van der Waals surface area contributed by atoms with E-state index in [1.165, 1.54) is 11.3 Å². The molecule has 0 bridgehead atoms. The highest BCUT2D eigenvalue weighted by molar-refractivity contribution is 7.21. The number of amides is 1. The number of pyridine rings is 1. The third-order valence-corrected chi connectivity index (χ3v) is 4.87. The van der Waals surface area contributed by atoms with Crippen molar-refractivity contribution >= 4 is 33.0 Å². The van der Waals surface area contributed by atoms with Crippen LogP contribution in [0.4, 0.5) is 5.69 Å². The molecule has 1 fully saturated rings. The van der Waals surface area contributed by atoms with Crippen molar-refractivity contribution in [2.45, 2.75) is 32.7 Å². The summed E-state index contributed by atoms with van der Waals surface area (Å²) in [5.41, 5.74) is 8.52. The molecule has 1 atom stereocenters. The second kappa shape index (κ2) is 5.61. The molecular formula is C15H19N3O2S. The minimum Gasteiger partial charge on any atom is -0.397 e. The van der Waals surface area contributed by atoms with E-state index in [0.29, 0.717) is 17.2 Å². The number of nitrogens with two attached hydrogens (primary N) is 1. The number of nitrogen functional groups attached to an aromatic ring is 1. The number of carbonyl (C=O) groups excluding carboxylic acids is 1. The third-order valence-electron chi connectivity index (χ3n) is 3.72. The highest BCUT2D eigenvalue weighted by Crippen LogP contribution is 2.35. The summed E-state index contributed by atoms with van der Waals surface area (Å²) in [4.78, 5) is 17.4. The summed E-state index contributed by atoms with van der Waals surface area (Å²) in [6.07, 6.45) is 1.94. The fourth-order valence-electron chi connectivity index (χ4n) is 2.75. The smallest absolute Gasteiger partial charge is 0.263 e. The molecule has 2 aromatic heterocycles. The SMILES string of the molecule is Cc1cc2sc(C(=O)NC3CCCOC3)c(N)c2c(C)n1. The number of ether oxygens (including phenoxy) is 1. The topological polar surface area (TPSA) is 77.2 Å². The van der Waals surface area contributed by atoms with E-state index in [1.54, 1.807) is 0 Å². The molecule has 3 N–H and O–H groups in total. The number of nitrogens with one attached hydrogen (secondary N) is 1. The normalized spacial score (nSPS) is 18.9. The Morgan fingerprint density at radius 2 is 2.33 bits per heavy atom. The number of fused-ring (bicyclic) bond motifs is 1. The van der Waals surface area contributed by atoms with Gasteiger partial charge in [0.05, 0.1) is 18.3 Å². The first-order chi connectivity index (χ1) is 10.1. The van der Waals surface area contributed by atoms with Crippen molar-refractivity contribution in [2.75, 3.05) is 18.9 Å². The van der Waals surface area contributed by atoms with Gasteiger partial charge in [0, 0.05) is 28.1 Å². The van der Waals surface area contributed by atoms with Crippen LogP contribution in [0.15, 0.2) is 6.07 Å². The van der Waals surface area contributed by atoms with Gasteiger partial charge in [-0.05, 0) is 32.8 Å². The third kappa shape index (κ3) is 2.73. The van der Waals surface area contributed by atoms with Crippen LogP contribution in [0.2, 0.25) is 0 Å². The molecule has 21 heavy (non-hydrogen) atoms. The van der Waals surface area contributed by atoms with Gasteiger partial charge in [0.2, 0.25) is 0 Å². The predicted molar refractivity (Wildman–Crippen MR) is 84.8 cm³/mol. The second-order valence-electron chi connectivity index (χ2n) is 5.45. The van der Waals surface area contributed by atoms with E-state index in [0.717, 1.165) is 40.9 Å². The van der Waals surface area contributed by atoms with Crippen LogP contribution >= 0.6 is 11.3 Å². The van der Waals surface area contributed by atoms with Crippen LogP contribution in [0.3, 0.4) is 0 Å². The molecule has 0 saturated carbocycles. The molecule has 112 valence electrons. The molecule has 0 aromatic carbocycles. The summed E-state index contributed by atoms with van der Waals surface area (Å²) < 4.78 is 6.41. The van der Waals surface area contributed by atoms with Gasteiger partial charge in [0.15, 0.2) is 0 Å². The van der Waals surface area contributed by atoms with Crippen molar-refractivity contribution < 1.29 is 9.53 Å². The number of rotatable bonds is 2. The number of aryl methyl sites for hydroxylation is 2. The largest absolute Gasteiger partial charge is 0.397 e. The van der Waals surface area contributed by atoms with Crippen LogP contribution in [0.25, 0.3) is 10.1 Å². The lowest BCUT2D eigenvalue weighted by Crippen LogP contribution is -2.40. The van der Waals surface area contributed by atoms with Crippen LogP contribution in [-0.4, -0.2) is 30.1 Å². The van der Waals surface area contributed by atoms with Gasteiger partial charge in [0.1, 0.15) is 4.88 Å². The van der Waals surface area contributed by atoms with Crippen molar-refractivity contribution in [1.82, 2.24) is 10.3 Å². The quantitative estimate of drug-likeness (QED) is 0.893. The zero-order valence-corrected chi connectivity index (χ0v) is 13.0. The number of thiophene rings is 1. The summed E-state index contributed by atoms with van der Waals surface area (Å²) in [6.45, 7) is 5.23. The van der Waals surface area contributed by atoms with Gasteiger partial charge in [0.25, 0.3) is 5.91 Å². The minimum atomic E-state index is -0.110.